The molecule has 10 nitrogen and oxygen atoms in total. The van der Waals surface area contributed by atoms with Gasteiger partial charge in [-0.05, 0) is 48.4 Å². The maximum atomic E-state index is 13.0. The Bertz CT molecular complexity index is 1230. The third-order valence-corrected chi connectivity index (χ3v) is 8.10. The Morgan fingerprint density at radius 1 is 1.00 bits per heavy atom. The summed E-state index contributed by atoms with van der Waals surface area (Å²) in [5, 5.41) is 0. The SMILES string of the molecule is COc1ccc(OC)c(CCNS(=O)(=O)c2cc(N3C(=O)CCS3(=O)=O)ccc2OC)c1. The molecule has 0 unspecified atom stereocenters. The highest BCUT2D eigenvalue weighted by molar-refractivity contribution is 7.94. The van der Waals surface area contributed by atoms with Crippen molar-refractivity contribution in [1.82, 2.24) is 4.72 Å². The molecule has 1 heterocycles. The smallest absolute Gasteiger partial charge is 0.244 e. The van der Waals surface area contributed by atoms with Crippen LogP contribution >= 0.6 is 0 Å². The highest BCUT2D eigenvalue weighted by Gasteiger charge is 2.37. The van der Waals surface area contributed by atoms with Crippen molar-refractivity contribution in [3.8, 4) is 17.2 Å². The number of carbonyl (C=O) groups is 1. The number of hydrogen-bond acceptors (Lipinski definition) is 8. The zero-order chi connectivity index (χ0) is 23.5. The van der Waals surface area contributed by atoms with Crippen LogP contribution in [-0.4, -0.2) is 56.4 Å². The second kappa shape index (κ2) is 9.35. The molecule has 1 amide bonds. The van der Waals surface area contributed by atoms with Crippen LogP contribution in [-0.2, 0) is 31.3 Å². The highest BCUT2D eigenvalue weighted by Crippen LogP contribution is 2.32. The van der Waals surface area contributed by atoms with Gasteiger partial charge < -0.3 is 14.2 Å². The molecule has 0 radical (unpaired) electrons. The van der Waals surface area contributed by atoms with E-state index < -0.39 is 26.0 Å². The van der Waals surface area contributed by atoms with Gasteiger partial charge in [-0.25, -0.2) is 25.9 Å². The van der Waals surface area contributed by atoms with Crippen LogP contribution in [0.1, 0.15) is 12.0 Å². The van der Waals surface area contributed by atoms with E-state index in [1.165, 1.54) is 33.5 Å². The summed E-state index contributed by atoms with van der Waals surface area (Å²) < 4.78 is 69.2. The number of methoxy groups -OCH3 is 3. The van der Waals surface area contributed by atoms with Crippen LogP contribution in [0.25, 0.3) is 0 Å². The van der Waals surface area contributed by atoms with Crippen molar-refractivity contribution in [2.75, 3.05) is 37.9 Å². The average molecular weight is 485 g/mol. The Morgan fingerprint density at radius 2 is 1.69 bits per heavy atom. The fourth-order valence-electron chi connectivity index (χ4n) is 3.35. The first-order valence-electron chi connectivity index (χ1n) is 9.57. The predicted molar refractivity (Wildman–Crippen MR) is 117 cm³/mol. The lowest BCUT2D eigenvalue weighted by Gasteiger charge is -2.18. The van der Waals surface area contributed by atoms with Crippen LogP contribution in [0.4, 0.5) is 5.69 Å². The number of amides is 1. The maximum Gasteiger partial charge on any atom is 0.244 e. The maximum absolute atomic E-state index is 13.0. The van der Waals surface area contributed by atoms with Crippen molar-refractivity contribution in [3.05, 3.63) is 42.0 Å². The van der Waals surface area contributed by atoms with E-state index in [4.69, 9.17) is 14.2 Å². The fourth-order valence-corrected chi connectivity index (χ4v) is 6.02. The summed E-state index contributed by atoms with van der Waals surface area (Å²) in [4.78, 5) is 11.8. The molecule has 32 heavy (non-hydrogen) atoms. The van der Waals surface area contributed by atoms with Gasteiger partial charge in [0.05, 0.1) is 32.8 Å². The Morgan fingerprint density at radius 3 is 2.28 bits per heavy atom. The molecule has 0 aromatic heterocycles. The first-order valence-corrected chi connectivity index (χ1v) is 12.7. The van der Waals surface area contributed by atoms with Gasteiger partial charge in [0, 0.05) is 13.0 Å². The van der Waals surface area contributed by atoms with E-state index in [9.17, 15) is 21.6 Å². The van der Waals surface area contributed by atoms with E-state index in [2.05, 4.69) is 4.72 Å². The topological polar surface area (TPSA) is 128 Å². The van der Waals surface area contributed by atoms with Gasteiger partial charge >= 0.3 is 0 Å². The van der Waals surface area contributed by atoms with Crippen molar-refractivity contribution in [3.63, 3.8) is 0 Å². The standard InChI is InChI=1S/C20H24N2O8S2/c1-28-16-5-7-17(29-2)14(12-16)8-10-21-32(26,27)19-13-15(4-6-18(19)30-3)22-20(23)9-11-31(22,24)25/h4-7,12-13,21H,8-11H2,1-3H3. The lowest BCUT2D eigenvalue weighted by atomic mass is 10.1. The Balaban J connectivity index is 1.86. The van der Waals surface area contributed by atoms with Gasteiger partial charge in [-0.3, -0.25) is 4.79 Å². The number of carbonyl (C=O) groups excluding carboxylic acids is 1. The second-order valence-corrected chi connectivity index (χ2v) is 10.6. The predicted octanol–water partition coefficient (Wildman–Crippen LogP) is 1.30. The molecule has 1 N–H and O–H groups in total. The van der Waals surface area contributed by atoms with Gasteiger partial charge in [0.2, 0.25) is 26.0 Å². The molecule has 0 bridgehead atoms. The summed E-state index contributed by atoms with van der Waals surface area (Å²) in [5.41, 5.74) is 0.687. The van der Waals surface area contributed by atoms with Crippen molar-refractivity contribution < 1.29 is 35.8 Å². The lowest BCUT2D eigenvalue weighted by Crippen LogP contribution is -2.30. The normalized spacial score (nSPS) is 15.6. The van der Waals surface area contributed by atoms with Crippen LogP contribution in [0.15, 0.2) is 41.3 Å². The van der Waals surface area contributed by atoms with Crippen LogP contribution < -0.4 is 23.2 Å². The minimum atomic E-state index is -4.10. The monoisotopic (exact) mass is 484 g/mol. The van der Waals surface area contributed by atoms with Gasteiger partial charge in [-0.1, -0.05) is 0 Å². The fraction of sp³-hybridized carbons (Fsp3) is 0.350. The molecular formula is C20H24N2O8S2. The molecule has 0 atom stereocenters. The van der Waals surface area contributed by atoms with E-state index in [-0.39, 0.29) is 35.1 Å². The zero-order valence-corrected chi connectivity index (χ0v) is 19.5. The van der Waals surface area contributed by atoms with Crippen LogP contribution in [0.2, 0.25) is 0 Å². The van der Waals surface area contributed by atoms with Gasteiger partial charge in [-0.15, -0.1) is 0 Å². The van der Waals surface area contributed by atoms with Crippen LogP contribution in [0, 0.1) is 0 Å². The highest BCUT2D eigenvalue weighted by atomic mass is 32.2. The molecule has 2 aromatic rings. The average Bonchev–Trinajstić information content (AvgIpc) is 3.05. The van der Waals surface area contributed by atoms with Gasteiger partial charge in [0.1, 0.15) is 22.1 Å². The first kappa shape index (κ1) is 23.8. The number of ether oxygens (including phenoxy) is 3. The summed E-state index contributed by atoms with van der Waals surface area (Å²) in [7, 11) is -3.59. The first-order chi connectivity index (χ1) is 15.1. The molecule has 0 spiro atoms. The minimum Gasteiger partial charge on any atom is -0.497 e. The molecule has 174 valence electrons. The molecule has 1 aliphatic heterocycles. The number of nitrogens with zero attached hydrogens (tertiary/aromatic N) is 1. The summed E-state index contributed by atoms with van der Waals surface area (Å²) in [5.74, 6) is 0.276. The second-order valence-electron chi connectivity index (χ2n) is 6.88. The quantitative estimate of drug-likeness (QED) is 0.564. The van der Waals surface area contributed by atoms with Crippen LogP contribution in [0.5, 0.6) is 17.2 Å². The molecule has 2 aromatic carbocycles. The van der Waals surface area contributed by atoms with Gasteiger partial charge in [0.15, 0.2) is 0 Å². The van der Waals surface area contributed by atoms with E-state index in [0.717, 1.165) is 11.6 Å². The molecule has 12 heteroatoms. The largest absolute Gasteiger partial charge is 0.497 e. The van der Waals surface area contributed by atoms with Crippen molar-refractivity contribution in [2.24, 2.45) is 0 Å². The number of hydrogen-bond donors (Lipinski definition) is 1. The van der Waals surface area contributed by atoms with E-state index in [1.807, 2.05) is 0 Å². The third-order valence-electron chi connectivity index (χ3n) is 4.92. The Hall–Kier alpha value is -2.83. The van der Waals surface area contributed by atoms with E-state index in [0.29, 0.717) is 22.2 Å². The van der Waals surface area contributed by atoms with E-state index in [1.54, 1.807) is 18.2 Å². The molecular weight excluding hydrogens is 460 g/mol. The van der Waals surface area contributed by atoms with E-state index >= 15 is 0 Å². The Labute approximate surface area is 187 Å². The third kappa shape index (κ3) is 4.81. The minimum absolute atomic E-state index is 0.0178. The lowest BCUT2D eigenvalue weighted by molar-refractivity contribution is -0.116. The van der Waals surface area contributed by atoms with Crippen molar-refractivity contribution in [1.29, 1.82) is 0 Å². The van der Waals surface area contributed by atoms with Gasteiger partial charge in [0.25, 0.3) is 0 Å². The molecule has 1 fully saturated rings. The zero-order valence-electron chi connectivity index (χ0n) is 17.8. The van der Waals surface area contributed by atoms with Gasteiger partial charge in [-0.2, -0.15) is 0 Å². The number of sulfonamides is 2. The molecule has 0 aliphatic carbocycles. The Kier molecular flexibility index (Phi) is 6.96. The summed E-state index contributed by atoms with van der Waals surface area (Å²) in [6.07, 6.45) is 0.150. The molecule has 0 saturated carbocycles. The molecule has 1 aliphatic rings. The van der Waals surface area contributed by atoms with Crippen LogP contribution in [0.3, 0.4) is 0 Å². The summed E-state index contributed by atoms with van der Waals surface area (Å²) in [6.45, 7) is 0.0280. The van der Waals surface area contributed by atoms with Crippen molar-refractivity contribution in [2.45, 2.75) is 17.7 Å². The number of anilines is 1. The summed E-state index contributed by atoms with van der Waals surface area (Å²) >= 11 is 0. The number of benzene rings is 2. The number of rotatable bonds is 9. The molecule has 1 saturated heterocycles. The van der Waals surface area contributed by atoms with Crippen molar-refractivity contribution >= 4 is 31.6 Å². The molecule has 3 rings (SSSR count). The summed E-state index contributed by atoms with van der Waals surface area (Å²) in [6, 6.07) is 8.97. The number of nitrogens with one attached hydrogen (secondary N) is 1.